The van der Waals surface area contributed by atoms with E-state index in [2.05, 4.69) is 15.9 Å². The van der Waals surface area contributed by atoms with Crippen LogP contribution in [0.5, 0.6) is 0 Å². The molecule has 0 spiro atoms. The summed E-state index contributed by atoms with van der Waals surface area (Å²) < 4.78 is 73.2. The zero-order valence-corrected chi connectivity index (χ0v) is 18.5. The number of nitrogens with zero attached hydrogens (tertiary/aromatic N) is 1. The van der Waals surface area contributed by atoms with Gasteiger partial charge in [0.25, 0.3) is 0 Å². The van der Waals surface area contributed by atoms with Crippen molar-refractivity contribution < 1.29 is 40.7 Å². The Morgan fingerprint density at radius 1 is 1.25 bits per heavy atom. The molecule has 1 amide bonds. The van der Waals surface area contributed by atoms with E-state index in [1.807, 2.05) is 0 Å². The van der Waals surface area contributed by atoms with Crippen molar-refractivity contribution in [3.8, 4) is 0 Å². The number of amides is 1. The van der Waals surface area contributed by atoms with Crippen LogP contribution in [-0.2, 0) is 24.3 Å². The average molecular weight is 496 g/mol. The van der Waals surface area contributed by atoms with Gasteiger partial charge in [0.05, 0.1) is 30.2 Å². The van der Waals surface area contributed by atoms with Gasteiger partial charge in [0, 0.05) is 0 Å². The molecular formula is C16H25BrF3NO6S. The normalized spacial score (nSPS) is 23.5. The molecule has 0 bridgehead atoms. The topological polar surface area (TPSA) is 90.0 Å². The Bertz CT molecular complexity index is 677. The Labute approximate surface area is 171 Å². The van der Waals surface area contributed by atoms with Crippen LogP contribution in [0, 0.1) is 5.92 Å². The number of sulfonamides is 1. The summed E-state index contributed by atoms with van der Waals surface area (Å²) in [5.41, 5.74) is -1.05. The van der Waals surface area contributed by atoms with Gasteiger partial charge in [-0.2, -0.15) is 13.2 Å². The molecule has 1 aliphatic rings. The minimum absolute atomic E-state index is 0.0500. The van der Waals surface area contributed by atoms with Gasteiger partial charge in [-0.05, 0) is 33.1 Å². The Hall–Kier alpha value is -0.880. The van der Waals surface area contributed by atoms with Crippen LogP contribution in [-0.4, -0.2) is 66.2 Å². The second-order valence-corrected chi connectivity index (χ2v) is 10.3. The maximum atomic E-state index is 12.5. The number of Topliss-reactive ketones (excluding diaryl/α,β-unsaturated/α-hetero) is 1. The molecule has 3 unspecified atom stereocenters. The first-order chi connectivity index (χ1) is 12.6. The van der Waals surface area contributed by atoms with Gasteiger partial charge in [0.2, 0.25) is 10.0 Å². The summed E-state index contributed by atoms with van der Waals surface area (Å²) in [5.74, 6) is -1.76. The molecule has 0 aromatic rings. The van der Waals surface area contributed by atoms with Gasteiger partial charge in [-0.25, -0.2) is 17.5 Å². The van der Waals surface area contributed by atoms with Crippen molar-refractivity contribution in [3.63, 3.8) is 0 Å². The lowest BCUT2D eigenvalue weighted by Crippen LogP contribution is -2.46. The zero-order chi connectivity index (χ0) is 21.9. The maximum absolute atomic E-state index is 12.5. The molecule has 0 saturated carbocycles. The standard InChI is InChI=1S/C16H25BrF3NO6S/c1-10-7-11(26-13(10)12(22)8-17)9-21(14(23)27-15(2,3)4)28(24,25)6-5-16(18,19)20/h10-11,13H,5-9H2,1-4H3. The summed E-state index contributed by atoms with van der Waals surface area (Å²) in [6.07, 6.45) is -8.89. The van der Waals surface area contributed by atoms with E-state index in [4.69, 9.17) is 9.47 Å². The first-order valence-electron chi connectivity index (χ1n) is 8.60. The monoisotopic (exact) mass is 495 g/mol. The summed E-state index contributed by atoms with van der Waals surface area (Å²) >= 11 is 3.03. The molecule has 0 aromatic heterocycles. The van der Waals surface area contributed by atoms with Crippen molar-refractivity contribution in [1.82, 2.24) is 4.31 Å². The number of rotatable bonds is 7. The molecular weight excluding hydrogens is 471 g/mol. The number of halogens is 4. The number of alkyl halides is 4. The van der Waals surface area contributed by atoms with Crippen LogP contribution in [0.1, 0.15) is 40.5 Å². The van der Waals surface area contributed by atoms with E-state index in [0.29, 0.717) is 0 Å². The highest BCUT2D eigenvalue weighted by molar-refractivity contribution is 9.09. The Kier molecular flexibility index (Phi) is 8.35. The van der Waals surface area contributed by atoms with Crippen LogP contribution >= 0.6 is 15.9 Å². The first kappa shape index (κ1) is 25.2. The number of ketones is 1. The Morgan fingerprint density at radius 3 is 2.29 bits per heavy atom. The number of ether oxygens (including phenoxy) is 2. The fourth-order valence-corrected chi connectivity index (χ4v) is 4.36. The Balaban J connectivity index is 3.02. The van der Waals surface area contributed by atoms with E-state index in [-0.39, 0.29) is 27.8 Å². The van der Waals surface area contributed by atoms with E-state index in [1.165, 1.54) is 20.8 Å². The Morgan fingerprint density at radius 2 is 1.82 bits per heavy atom. The average Bonchev–Trinajstić information content (AvgIpc) is 2.88. The molecule has 1 heterocycles. The minimum Gasteiger partial charge on any atom is -0.443 e. The number of carbonyl (C=O) groups is 2. The second-order valence-electron chi connectivity index (χ2n) is 7.68. The number of carbonyl (C=O) groups excluding carboxylic acids is 2. The van der Waals surface area contributed by atoms with E-state index in [9.17, 15) is 31.2 Å². The second kappa shape index (κ2) is 9.29. The largest absolute Gasteiger partial charge is 0.443 e. The SMILES string of the molecule is CC1CC(CN(C(=O)OC(C)(C)C)S(=O)(=O)CCC(F)(F)F)OC1C(=O)CBr. The summed E-state index contributed by atoms with van der Waals surface area (Å²) in [6.45, 7) is 5.73. The lowest BCUT2D eigenvalue weighted by atomic mass is 9.99. The predicted octanol–water partition coefficient (Wildman–Crippen LogP) is 3.26. The van der Waals surface area contributed by atoms with Crippen molar-refractivity contribution in [3.05, 3.63) is 0 Å². The summed E-state index contributed by atoms with van der Waals surface area (Å²) in [4.78, 5) is 24.3. The zero-order valence-electron chi connectivity index (χ0n) is 16.1. The molecule has 1 rings (SSSR count). The van der Waals surface area contributed by atoms with E-state index < -0.39 is 58.8 Å². The molecule has 1 saturated heterocycles. The summed E-state index contributed by atoms with van der Waals surface area (Å²) in [7, 11) is -4.61. The van der Waals surface area contributed by atoms with Gasteiger partial charge in [0.15, 0.2) is 5.78 Å². The summed E-state index contributed by atoms with van der Waals surface area (Å²) in [6, 6.07) is 0. The predicted molar refractivity (Wildman–Crippen MR) is 98.6 cm³/mol. The minimum atomic E-state index is -4.70. The van der Waals surface area contributed by atoms with Crippen LogP contribution in [0.4, 0.5) is 18.0 Å². The molecule has 0 aromatic carbocycles. The fourth-order valence-electron chi connectivity index (χ4n) is 2.68. The molecule has 0 N–H and O–H groups in total. The van der Waals surface area contributed by atoms with Crippen LogP contribution in [0.3, 0.4) is 0 Å². The highest BCUT2D eigenvalue weighted by atomic mass is 79.9. The van der Waals surface area contributed by atoms with Gasteiger partial charge < -0.3 is 9.47 Å². The fraction of sp³-hybridized carbons (Fsp3) is 0.875. The van der Waals surface area contributed by atoms with Crippen LogP contribution < -0.4 is 0 Å². The van der Waals surface area contributed by atoms with E-state index in [0.717, 1.165) is 0 Å². The van der Waals surface area contributed by atoms with Crippen molar-refractivity contribution in [1.29, 1.82) is 0 Å². The van der Waals surface area contributed by atoms with E-state index >= 15 is 0 Å². The molecule has 7 nitrogen and oxygen atoms in total. The highest BCUT2D eigenvalue weighted by Crippen LogP contribution is 2.29. The van der Waals surface area contributed by atoms with Crippen molar-refractivity contribution in [2.45, 2.75) is 64.5 Å². The molecule has 12 heteroatoms. The third-order valence-corrected chi connectivity index (χ3v) is 6.13. The molecule has 1 aliphatic heterocycles. The molecule has 0 radical (unpaired) electrons. The molecule has 28 heavy (non-hydrogen) atoms. The summed E-state index contributed by atoms with van der Waals surface area (Å²) in [5, 5.41) is 0.0500. The first-order valence-corrected chi connectivity index (χ1v) is 11.3. The van der Waals surface area contributed by atoms with Crippen LogP contribution in [0.15, 0.2) is 0 Å². The lowest BCUT2D eigenvalue weighted by molar-refractivity contribution is -0.130. The van der Waals surface area contributed by atoms with Gasteiger partial charge in [0.1, 0.15) is 11.7 Å². The van der Waals surface area contributed by atoms with Gasteiger partial charge in [-0.1, -0.05) is 22.9 Å². The quantitative estimate of drug-likeness (QED) is 0.503. The van der Waals surface area contributed by atoms with Gasteiger partial charge in [-0.15, -0.1) is 0 Å². The molecule has 164 valence electrons. The molecule has 1 fully saturated rings. The van der Waals surface area contributed by atoms with Gasteiger partial charge in [-0.3, -0.25) is 4.79 Å². The number of hydrogen-bond acceptors (Lipinski definition) is 6. The maximum Gasteiger partial charge on any atom is 0.424 e. The smallest absolute Gasteiger partial charge is 0.424 e. The lowest BCUT2D eigenvalue weighted by Gasteiger charge is -2.28. The van der Waals surface area contributed by atoms with E-state index in [1.54, 1.807) is 6.92 Å². The van der Waals surface area contributed by atoms with Crippen LogP contribution in [0.25, 0.3) is 0 Å². The van der Waals surface area contributed by atoms with Gasteiger partial charge >= 0.3 is 12.3 Å². The number of hydrogen-bond donors (Lipinski definition) is 0. The highest BCUT2D eigenvalue weighted by Gasteiger charge is 2.42. The van der Waals surface area contributed by atoms with Crippen molar-refractivity contribution in [2.24, 2.45) is 5.92 Å². The van der Waals surface area contributed by atoms with Crippen molar-refractivity contribution in [2.75, 3.05) is 17.6 Å². The molecule has 0 aliphatic carbocycles. The third kappa shape index (κ3) is 7.86. The molecule has 3 atom stereocenters. The van der Waals surface area contributed by atoms with Crippen molar-refractivity contribution >= 4 is 37.8 Å². The van der Waals surface area contributed by atoms with Crippen LogP contribution in [0.2, 0.25) is 0 Å². The third-order valence-electron chi connectivity index (χ3n) is 3.89.